The van der Waals surface area contributed by atoms with Crippen LogP contribution >= 0.6 is 0 Å². The summed E-state index contributed by atoms with van der Waals surface area (Å²) in [5.74, 6) is 0. The molecule has 9 heteroatoms. The Morgan fingerprint density at radius 2 is 1.50 bits per heavy atom. The molecule has 122 valence electrons. The van der Waals surface area contributed by atoms with E-state index in [1.165, 1.54) is 12.1 Å². The number of nitrogens with one attached hydrogen (secondary N) is 1. The first-order valence-corrected chi connectivity index (χ1v) is 6.03. The SMILES string of the molecule is Cc1ccc(C2=CC(C(O)(C(F)(F)F)C(F)(F)F)ON2)cc1. The molecule has 2 N–H and O–H groups in total. The molecule has 0 spiro atoms. The molecule has 0 aromatic heterocycles. The number of hydrogen-bond donors (Lipinski definition) is 2. The quantitative estimate of drug-likeness (QED) is 0.820. The van der Waals surface area contributed by atoms with Gasteiger partial charge >= 0.3 is 12.4 Å². The summed E-state index contributed by atoms with van der Waals surface area (Å²) in [5, 5.41) is 9.23. The van der Waals surface area contributed by atoms with Gasteiger partial charge in [-0.3, -0.25) is 10.3 Å². The highest BCUT2D eigenvalue weighted by Gasteiger charge is 2.75. The molecule has 22 heavy (non-hydrogen) atoms. The summed E-state index contributed by atoms with van der Waals surface area (Å²) in [6.45, 7) is 1.77. The molecule has 0 bridgehead atoms. The van der Waals surface area contributed by atoms with E-state index in [2.05, 4.69) is 4.84 Å². The van der Waals surface area contributed by atoms with Crippen molar-refractivity contribution in [3.05, 3.63) is 41.5 Å². The van der Waals surface area contributed by atoms with Crippen LogP contribution in [0.5, 0.6) is 0 Å². The van der Waals surface area contributed by atoms with Crippen LogP contribution in [0.15, 0.2) is 30.3 Å². The van der Waals surface area contributed by atoms with E-state index in [4.69, 9.17) is 0 Å². The summed E-state index contributed by atoms with van der Waals surface area (Å²) in [5.41, 5.74) is -1.90. The van der Waals surface area contributed by atoms with Crippen LogP contribution in [-0.2, 0) is 4.84 Å². The van der Waals surface area contributed by atoms with Gasteiger partial charge in [-0.25, -0.2) is 0 Å². The van der Waals surface area contributed by atoms with Gasteiger partial charge in [-0.05, 0) is 18.6 Å². The van der Waals surface area contributed by atoms with Gasteiger partial charge in [0, 0.05) is 0 Å². The lowest BCUT2D eigenvalue weighted by Crippen LogP contribution is -2.64. The number of halogens is 6. The van der Waals surface area contributed by atoms with Gasteiger partial charge in [-0.2, -0.15) is 26.3 Å². The second kappa shape index (κ2) is 5.17. The van der Waals surface area contributed by atoms with E-state index in [1.54, 1.807) is 19.1 Å². The Morgan fingerprint density at radius 1 is 1.00 bits per heavy atom. The first kappa shape index (κ1) is 16.6. The molecule has 1 aliphatic rings. The zero-order chi connectivity index (χ0) is 16.8. The molecule has 3 nitrogen and oxygen atoms in total. The van der Waals surface area contributed by atoms with Crippen LogP contribution < -0.4 is 5.48 Å². The predicted molar refractivity (Wildman–Crippen MR) is 64.2 cm³/mol. The van der Waals surface area contributed by atoms with Gasteiger partial charge in [-0.15, -0.1) is 0 Å². The normalized spacial score (nSPS) is 19.8. The monoisotopic (exact) mass is 327 g/mol. The van der Waals surface area contributed by atoms with Crippen molar-refractivity contribution in [3.63, 3.8) is 0 Å². The third-order valence-electron chi connectivity index (χ3n) is 3.25. The molecule has 0 amide bonds. The maximum Gasteiger partial charge on any atom is 0.429 e. The topological polar surface area (TPSA) is 41.5 Å². The van der Waals surface area contributed by atoms with E-state index in [1.807, 2.05) is 5.48 Å². The van der Waals surface area contributed by atoms with Crippen molar-refractivity contribution >= 4 is 5.70 Å². The number of alkyl halides is 6. The third kappa shape index (κ3) is 2.66. The van der Waals surface area contributed by atoms with E-state index >= 15 is 0 Å². The molecule has 1 heterocycles. The molecule has 1 unspecified atom stereocenters. The molecule has 2 rings (SSSR count). The standard InChI is InChI=1S/C13H11F6NO2/c1-7-2-4-8(5-3-7)9-6-10(22-20-9)11(21,12(14,15)16)13(17,18)19/h2-6,10,20-21H,1H3. The summed E-state index contributed by atoms with van der Waals surface area (Å²) < 4.78 is 76.4. The summed E-state index contributed by atoms with van der Waals surface area (Å²) in [6.07, 6.45) is -14.0. The van der Waals surface area contributed by atoms with Crippen molar-refractivity contribution in [3.8, 4) is 0 Å². The number of aliphatic hydroxyl groups is 1. The summed E-state index contributed by atoms with van der Waals surface area (Å²) in [6, 6.07) is 6.26. The van der Waals surface area contributed by atoms with Crippen LogP contribution in [0.25, 0.3) is 5.70 Å². The lowest BCUT2D eigenvalue weighted by Gasteiger charge is -2.34. The van der Waals surface area contributed by atoms with Gasteiger partial charge in [0.1, 0.15) is 0 Å². The zero-order valence-electron chi connectivity index (χ0n) is 11.1. The Balaban J connectivity index is 2.39. The Labute approximate surface area is 121 Å². The van der Waals surface area contributed by atoms with Gasteiger partial charge < -0.3 is 5.11 Å². The number of aryl methyl sites for hydroxylation is 1. The fourth-order valence-corrected chi connectivity index (χ4v) is 1.92. The second-order valence-electron chi connectivity index (χ2n) is 4.85. The molecule has 1 aliphatic heterocycles. The van der Waals surface area contributed by atoms with Crippen molar-refractivity contribution in [2.75, 3.05) is 0 Å². The highest BCUT2D eigenvalue weighted by molar-refractivity contribution is 5.65. The van der Waals surface area contributed by atoms with Gasteiger partial charge in [0.05, 0.1) is 5.70 Å². The van der Waals surface area contributed by atoms with E-state index in [-0.39, 0.29) is 5.70 Å². The highest BCUT2D eigenvalue weighted by atomic mass is 19.4. The lowest BCUT2D eigenvalue weighted by atomic mass is 9.94. The van der Waals surface area contributed by atoms with Crippen molar-refractivity contribution in [1.82, 2.24) is 5.48 Å². The molecule has 1 aromatic carbocycles. The lowest BCUT2D eigenvalue weighted by molar-refractivity contribution is -0.390. The fraction of sp³-hybridized carbons (Fsp3) is 0.385. The first-order chi connectivity index (χ1) is 9.97. The van der Waals surface area contributed by atoms with Crippen molar-refractivity contribution in [2.45, 2.75) is 31.0 Å². The van der Waals surface area contributed by atoms with Gasteiger partial charge in [-0.1, -0.05) is 29.8 Å². The first-order valence-electron chi connectivity index (χ1n) is 6.03. The average molecular weight is 327 g/mol. The summed E-state index contributed by atoms with van der Waals surface area (Å²) >= 11 is 0. The van der Waals surface area contributed by atoms with Crippen LogP contribution in [0.3, 0.4) is 0 Å². The van der Waals surface area contributed by atoms with Crippen LogP contribution in [0.4, 0.5) is 26.3 Å². The minimum absolute atomic E-state index is 0.0862. The minimum atomic E-state index is -5.95. The maximum absolute atomic E-state index is 12.7. The largest absolute Gasteiger partial charge is 0.429 e. The molecule has 1 aromatic rings. The number of hydroxylamine groups is 1. The zero-order valence-corrected chi connectivity index (χ0v) is 11.1. The number of hydrogen-bond acceptors (Lipinski definition) is 3. The molecule has 1 atom stereocenters. The molecule has 0 saturated heterocycles. The van der Waals surface area contributed by atoms with Crippen molar-refractivity contribution < 1.29 is 36.3 Å². The Morgan fingerprint density at radius 3 is 1.95 bits per heavy atom. The Bertz CT molecular complexity index is 562. The van der Waals surface area contributed by atoms with E-state index in [0.29, 0.717) is 11.6 Å². The molecule has 0 aliphatic carbocycles. The molecule has 0 saturated carbocycles. The van der Waals surface area contributed by atoms with Crippen molar-refractivity contribution in [2.24, 2.45) is 0 Å². The van der Waals surface area contributed by atoms with Gasteiger partial charge in [0.25, 0.3) is 5.60 Å². The molecular weight excluding hydrogens is 316 g/mol. The third-order valence-corrected chi connectivity index (χ3v) is 3.25. The average Bonchev–Trinajstić information content (AvgIpc) is 2.85. The summed E-state index contributed by atoms with van der Waals surface area (Å²) in [4.78, 5) is 4.34. The minimum Gasteiger partial charge on any atom is -0.371 e. The molecule has 0 fully saturated rings. The Hall–Kier alpha value is -1.74. The smallest absolute Gasteiger partial charge is 0.371 e. The highest BCUT2D eigenvalue weighted by Crippen LogP contribution is 2.47. The van der Waals surface area contributed by atoms with Crippen LogP contribution in [0.1, 0.15) is 11.1 Å². The second-order valence-corrected chi connectivity index (χ2v) is 4.85. The summed E-state index contributed by atoms with van der Waals surface area (Å²) in [7, 11) is 0. The molecule has 0 radical (unpaired) electrons. The maximum atomic E-state index is 12.7. The van der Waals surface area contributed by atoms with Crippen LogP contribution in [0.2, 0.25) is 0 Å². The van der Waals surface area contributed by atoms with E-state index in [0.717, 1.165) is 5.56 Å². The van der Waals surface area contributed by atoms with E-state index in [9.17, 15) is 31.4 Å². The predicted octanol–water partition coefficient (Wildman–Crippen LogP) is 3.10. The number of benzene rings is 1. The van der Waals surface area contributed by atoms with Crippen LogP contribution in [-0.4, -0.2) is 29.2 Å². The van der Waals surface area contributed by atoms with Gasteiger partial charge in [0.2, 0.25) is 0 Å². The van der Waals surface area contributed by atoms with E-state index < -0.39 is 24.1 Å². The number of rotatable bonds is 2. The Kier molecular flexibility index (Phi) is 3.90. The fourth-order valence-electron chi connectivity index (χ4n) is 1.92. The molecular formula is C13H11F6NO2. The van der Waals surface area contributed by atoms with Gasteiger partial charge in [0.15, 0.2) is 6.10 Å². The van der Waals surface area contributed by atoms with Crippen molar-refractivity contribution in [1.29, 1.82) is 0 Å². The van der Waals surface area contributed by atoms with Crippen LogP contribution in [0, 0.1) is 6.92 Å².